The molecule has 86 valence electrons. The molecule has 0 saturated carbocycles. The molecule has 0 aromatic carbocycles. The smallest absolute Gasteiger partial charge is 0.322 e. The lowest BCUT2D eigenvalue weighted by Crippen LogP contribution is -2.35. The molecule has 1 aromatic heterocycles. The summed E-state index contributed by atoms with van der Waals surface area (Å²) in [4.78, 5) is 22.1. The van der Waals surface area contributed by atoms with Crippen LogP contribution in [0.5, 0.6) is 0 Å². The largest absolute Gasteiger partial charge is 0.468 e. The number of halogens is 1. The van der Waals surface area contributed by atoms with E-state index in [0.717, 1.165) is 0 Å². The minimum Gasteiger partial charge on any atom is -0.468 e. The van der Waals surface area contributed by atoms with Crippen molar-refractivity contribution >= 4 is 18.4 Å². The number of hydrogen-bond acceptors (Lipinski definition) is 5. The summed E-state index contributed by atoms with van der Waals surface area (Å²) in [6, 6.07) is -0.836. The minimum absolute atomic E-state index is 0. The van der Waals surface area contributed by atoms with Gasteiger partial charge in [-0.25, -0.2) is 0 Å². The molecule has 15 heavy (non-hydrogen) atoms. The van der Waals surface area contributed by atoms with Crippen LogP contribution in [0.25, 0.3) is 0 Å². The van der Waals surface area contributed by atoms with Crippen molar-refractivity contribution in [2.45, 2.75) is 19.4 Å². The third kappa shape index (κ3) is 3.10. The first-order valence-corrected chi connectivity index (χ1v) is 4.06. The van der Waals surface area contributed by atoms with E-state index in [-0.39, 0.29) is 24.4 Å². The summed E-state index contributed by atoms with van der Waals surface area (Å²) in [5.74, 6) is -0.112. The molecule has 0 saturated heterocycles. The van der Waals surface area contributed by atoms with E-state index in [0.29, 0.717) is 11.3 Å². The van der Waals surface area contributed by atoms with Crippen LogP contribution >= 0.6 is 12.4 Å². The molecule has 1 unspecified atom stereocenters. The van der Waals surface area contributed by atoms with E-state index < -0.39 is 12.0 Å². The van der Waals surface area contributed by atoms with E-state index in [1.54, 1.807) is 6.92 Å². The number of carbonyl (C=O) groups is 1. The average Bonchev–Trinajstić information content (AvgIpc) is 2.48. The zero-order chi connectivity index (χ0) is 10.7. The molecular formula is C8H13ClN2O4. The Morgan fingerprint density at radius 1 is 1.67 bits per heavy atom. The molecule has 0 aliphatic heterocycles. The number of H-pyrrole nitrogens is 1. The van der Waals surface area contributed by atoms with Gasteiger partial charge >= 0.3 is 5.97 Å². The van der Waals surface area contributed by atoms with Crippen LogP contribution in [0.3, 0.4) is 0 Å². The second kappa shape index (κ2) is 5.57. The van der Waals surface area contributed by atoms with Gasteiger partial charge in [0.05, 0.1) is 12.7 Å². The van der Waals surface area contributed by atoms with Gasteiger partial charge in [0.15, 0.2) is 0 Å². The number of ether oxygens (including phenoxy) is 1. The van der Waals surface area contributed by atoms with Crippen molar-refractivity contribution in [2.75, 3.05) is 7.11 Å². The van der Waals surface area contributed by atoms with Gasteiger partial charge in [0.25, 0.3) is 5.56 Å². The fourth-order valence-electron chi connectivity index (χ4n) is 1.10. The minimum atomic E-state index is -0.836. The number of nitrogens with one attached hydrogen (secondary N) is 1. The van der Waals surface area contributed by atoms with Gasteiger partial charge in [-0.1, -0.05) is 0 Å². The van der Waals surface area contributed by atoms with E-state index >= 15 is 0 Å². The normalized spacial score (nSPS) is 11.7. The average molecular weight is 237 g/mol. The number of nitrogens with two attached hydrogens (primary N) is 1. The Bertz CT molecular complexity index is 384. The maximum atomic E-state index is 11.1. The number of rotatable bonds is 3. The fourth-order valence-corrected chi connectivity index (χ4v) is 1.10. The van der Waals surface area contributed by atoms with Crippen molar-refractivity contribution in [3.8, 4) is 0 Å². The number of aromatic nitrogens is 1. The first-order valence-electron chi connectivity index (χ1n) is 4.06. The molecule has 0 radical (unpaired) electrons. The highest BCUT2D eigenvalue weighted by atomic mass is 35.5. The lowest BCUT2D eigenvalue weighted by atomic mass is 10.1. The van der Waals surface area contributed by atoms with Crippen LogP contribution in [-0.2, 0) is 16.0 Å². The van der Waals surface area contributed by atoms with Crippen molar-refractivity contribution in [1.29, 1.82) is 0 Å². The lowest BCUT2D eigenvalue weighted by molar-refractivity contribution is -0.142. The van der Waals surface area contributed by atoms with E-state index in [4.69, 9.17) is 10.3 Å². The first-order chi connectivity index (χ1) is 6.56. The van der Waals surface area contributed by atoms with Crippen molar-refractivity contribution in [3.63, 3.8) is 0 Å². The zero-order valence-corrected chi connectivity index (χ0v) is 9.22. The Morgan fingerprint density at radius 3 is 2.67 bits per heavy atom. The molecule has 0 fully saturated rings. The zero-order valence-electron chi connectivity index (χ0n) is 8.40. The summed E-state index contributed by atoms with van der Waals surface area (Å²) < 4.78 is 9.20. The molecule has 0 spiro atoms. The van der Waals surface area contributed by atoms with Gasteiger partial charge in [-0.05, 0) is 6.92 Å². The first kappa shape index (κ1) is 13.7. The van der Waals surface area contributed by atoms with Crippen LogP contribution in [0, 0.1) is 6.92 Å². The molecule has 1 heterocycles. The van der Waals surface area contributed by atoms with E-state index in [9.17, 15) is 9.59 Å². The Balaban J connectivity index is 0.00000196. The number of methoxy groups -OCH3 is 1. The van der Waals surface area contributed by atoms with E-state index in [2.05, 4.69) is 9.89 Å². The molecule has 1 aromatic rings. The van der Waals surface area contributed by atoms with E-state index in [1.807, 2.05) is 0 Å². The third-order valence-corrected chi connectivity index (χ3v) is 1.92. The molecule has 1 rings (SSSR count). The van der Waals surface area contributed by atoms with Gasteiger partial charge in [0.2, 0.25) is 0 Å². The van der Waals surface area contributed by atoms with Crippen LogP contribution in [0.4, 0.5) is 0 Å². The lowest BCUT2D eigenvalue weighted by Gasteiger charge is -2.06. The maximum absolute atomic E-state index is 11.1. The standard InChI is InChI=1S/C8H12N2O4.ClH/c1-4-5(7(11)10-14-4)3-6(9)8(12)13-2;/h6H,3,9H2,1-2H3,(H,10,11);1H. The Morgan fingerprint density at radius 2 is 2.27 bits per heavy atom. The van der Waals surface area contributed by atoms with Crippen LogP contribution in [0.2, 0.25) is 0 Å². The van der Waals surface area contributed by atoms with E-state index in [1.165, 1.54) is 7.11 Å². The van der Waals surface area contributed by atoms with Crippen LogP contribution < -0.4 is 11.3 Å². The van der Waals surface area contributed by atoms with Crippen LogP contribution in [0.15, 0.2) is 9.32 Å². The van der Waals surface area contributed by atoms with Gasteiger partial charge in [-0.3, -0.25) is 9.59 Å². The van der Waals surface area contributed by atoms with Crippen molar-refractivity contribution in [3.05, 3.63) is 21.7 Å². The van der Waals surface area contributed by atoms with Gasteiger partial charge in [0, 0.05) is 6.42 Å². The van der Waals surface area contributed by atoms with Crippen LogP contribution in [0.1, 0.15) is 11.3 Å². The van der Waals surface area contributed by atoms with Crippen molar-refractivity contribution in [1.82, 2.24) is 5.16 Å². The SMILES string of the molecule is COC(=O)C(N)Cc1c(C)o[nH]c1=O.Cl. The summed E-state index contributed by atoms with van der Waals surface area (Å²) in [6.45, 7) is 1.62. The maximum Gasteiger partial charge on any atom is 0.322 e. The van der Waals surface area contributed by atoms with Gasteiger partial charge in [0.1, 0.15) is 11.8 Å². The van der Waals surface area contributed by atoms with Crippen molar-refractivity contribution < 1.29 is 14.1 Å². The van der Waals surface area contributed by atoms with Gasteiger partial charge in [-0.2, -0.15) is 5.16 Å². The predicted molar refractivity (Wildman–Crippen MR) is 55.0 cm³/mol. The molecule has 6 nitrogen and oxygen atoms in total. The number of aromatic amines is 1. The second-order valence-electron chi connectivity index (χ2n) is 2.90. The summed E-state index contributed by atoms with van der Waals surface area (Å²) >= 11 is 0. The molecule has 0 amide bonds. The summed E-state index contributed by atoms with van der Waals surface area (Å²) in [7, 11) is 1.24. The summed E-state index contributed by atoms with van der Waals surface area (Å²) in [5, 5.41) is 2.16. The third-order valence-electron chi connectivity index (χ3n) is 1.92. The summed E-state index contributed by atoms with van der Waals surface area (Å²) in [5.41, 5.74) is 5.51. The molecular weight excluding hydrogens is 224 g/mol. The molecule has 0 aliphatic carbocycles. The van der Waals surface area contributed by atoms with Gasteiger partial charge in [-0.15, -0.1) is 12.4 Å². The van der Waals surface area contributed by atoms with Crippen LogP contribution in [-0.4, -0.2) is 24.3 Å². The summed E-state index contributed by atoms with van der Waals surface area (Å²) in [6.07, 6.45) is 0.115. The molecule has 7 heteroatoms. The second-order valence-corrected chi connectivity index (χ2v) is 2.90. The number of aryl methyl sites for hydroxylation is 1. The Kier molecular flexibility index (Phi) is 5.10. The van der Waals surface area contributed by atoms with Gasteiger partial charge < -0.3 is 15.0 Å². The Hall–Kier alpha value is -1.27. The number of esters is 1. The fraction of sp³-hybridized carbons (Fsp3) is 0.500. The quantitative estimate of drug-likeness (QED) is 0.705. The highest BCUT2D eigenvalue weighted by Crippen LogP contribution is 2.03. The van der Waals surface area contributed by atoms with Crippen molar-refractivity contribution in [2.24, 2.45) is 5.73 Å². The monoisotopic (exact) mass is 236 g/mol. The topological polar surface area (TPSA) is 98.3 Å². The molecule has 1 atom stereocenters. The molecule has 3 N–H and O–H groups in total. The number of hydrogen-bond donors (Lipinski definition) is 2. The molecule has 0 bridgehead atoms. The predicted octanol–water partition coefficient (Wildman–Crippen LogP) is -0.259. The highest BCUT2D eigenvalue weighted by Gasteiger charge is 2.19. The molecule has 0 aliphatic rings. The number of carbonyl (C=O) groups excluding carboxylic acids is 1. The Labute approximate surface area is 92.2 Å². The highest BCUT2D eigenvalue weighted by molar-refractivity contribution is 5.85.